The Morgan fingerprint density at radius 1 is 1.38 bits per heavy atom. The summed E-state index contributed by atoms with van der Waals surface area (Å²) in [6.07, 6.45) is 4.00. The van der Waals surface area contributed by atoms with Crippen molar-refractivity contribution in [2.24, 2.45) is 5.41 Å². The average Bonchev–Trinajstić information content (AvgIpc) is 2.11. The van der Waals surface area contributed by atoms with Crippen molar-refractivity contribution in [3.8, 4) is 0 Å². The van der Waals surface area contributed by atoms with Gasteiger partial charge in [-0.2, -0.15) is 0 Å². The molecule has 0 N–H and O–H groups in total. The van der Waals surface area contributed by atoms with Gasteiger partial charge < -0.3 is 9.53 Å². The number of methoxy groups -OCH3 is 1. The number of rotatable bonds is 6. The molecule has 0 aromatic carbocycles. The molecule has 0 amide bonds. The lowest BCUT2D eigenvalue weighted by atomic mass is 9.87. The van der Waals surface area contributed by atoms with Crippen molar-refractivity contribution in [2.45, 2.75) is 39.5 Å². The molecule has 0 aliphatic rings. The van der Waals surface area contributed by atoms with Crippen LogP contribution in [-0.2, 0) is 14.3 Å². The van der Waals surface area contributed by atoms with Crippen LogP contribution in [0.1, 0.15) is 39.5 Å². The fourth-order valence-electron chi connectivity index (χ4n) is 1.17. The lowest BCUT2D eigenvalue weighted by Gasteiger charge is -2.20. The molecule has 0 heterocycles. The van der Waals surface area contributed by atoms with Gasteiger partial charge in [-0.15, -0.1) is 0 Å². The van der Waals surface area contributed by atoms with E-state index in [1.807, 2.05) is 13.8 Å². The Bertz CT molecular complexity index is 173. The minimum atomic E-state index is -0.419. The molecule has 0 aliphatic carbocycles. The van der Waals surface area contributed by atoms with Gasteiger partial charge in [0, 0.05) is 6.42 Å². The summed E-state index contributed by atoms with van der Waals surface area (Å²) in [5.74, 6) is -0.182. The molecular weight excluding hydrogens is 168 g/mol. The van der Waals surface area contributed by atoms with Crippen LogP contribution in [0.3, 0.4) is 0 Å². The van der Waals surface area contributed by atoms with E-state index in [4.69, 9.17) is 0 Å². The zero-order chi connectivity index (χ0) is 10.3. The summed E-state index contributed by atoms with van der Waals surface area (Å²) in [4.78, 5) is 21.2. The molecule has 0 aliphatic heterocycles. The first-order valence-electron chi connectivity index (χ1n) is 4.56. The quantitative estimate of drug-likeness (QED) is 0.362. The summed E-state index contributed by atoms with van der Waals surface area (Å²) in [5.41, 5.74) is -0.419. The first-order chi connectivity index (χ1) is 6.04. The number of ether oxygens (including phenoxy) is 1. The SMILES string of the molecule is COC(=O)C(C)(C)CCCCC=O. The molecule has 0 atom stereocenters. The predicted octanol–water partition coefficient (Wildman–Crippen LogP) is 1.94. The van der Waals surface area contributed by atoms with Gasteiger partial charge in [0.2, 0.25) is 0 Å². The minimum Gasteiger partial charge on any atom is -0.469 e. The summed E-state index contributed by atoms with van der Waals surface area (Å²) in [6, 6.07) is 0. The third-order valence-corrected chi connectivity index (χ3v) is 2.11. The van der Waals surface area contributed by atoms with Gasteiger partial charge in [0.1, 0.15) is 6.29 Å². The van der Waals surface area contributed by atoms with E-state index in [1.54, 1.807) is 0 Å². The zero-order valence-electron chi connectivity index (χ0n) is 8.63. The fraction of sp³-hybridized carbons (Fsp3) is 0.800. The molecule has 0 rings (SSSR count). The lowest BCUT2D eigenvalue weighted by Crippen LogP contribution is -2.25. The van der Waals surface area contributed by atoms with E-state index in [2.05, 4.69) is 4.74 Å². The summed E-state index contributed by atoms with van der Waals surface area (Å²) in [7, 11) is 1.40. The molecule has 0 aromatic heterocycles. The van der Waals surface area contributed by atoms with E-state index in [0.29, 0.717) is 6.42 Å². The molecule has 76 valence electrons. The molecular formula is C10H18O3. The van der Waals surface area contributed by atoms with Crippen molar-refractivity contribution in [3.05, 3.63) is 0 Å². The monoisotopic (exact) mass is 186 g/mol. The molecule has 13 heavy (non-hydrogen) atoms. The van der Waals surface area contributed by atoms with Gasteiger partial charge in [-0.3, -0.25) is 4.79 Å². The number of aldehydes is 1. The molecule has 0 saturated heterocycles. The predicted molar refractivity (Wildman–Crippen MR) is 50.3 cm³/mol. The number of hydrogen-bond acceptors (Lipinski definition) is 3. The van der Waals surface area contributed by atoms with Crippen LogP contribution >= 0.6 is 0 Å². The molecule has 0 aromatic rings. The van der Waals surface area contributed by atoms with Crippen molar-refractivity contribution in [1.82, 2.24) is 0 Å². The van der Waals surface area contributed by atoms with E-state index < -0.39 is 5.41 Å². The van der Waals surface area contributed by atoms with Crippen LogP contribution in [0.2, 0.25) is 0 Å². The van der Waals surface area contributed by atoms with Crippen LogP contribution in [0.25, 0.3) is 0 Å². The average molecular weight is 186 g/mol. The smallest absolute Gasteiger partial charge is 0.311 e. The van der Waals surface area contributed by atoms with Crippen LogP contribution in [0.4, 0.5) is 0 Å². The highest BCUT2D eigenvalue weighted by molar-refractivity contribution is 5.75. The molecule has 0 unspecified atom stereocenters. The van der Waals surface area contributed by atoms with Crippen molar-refractivity contribution >= 4 is 12.3 Å². The Labute approximate surface area is 79.5 Å². The largest absolute Gasteiger partial charge is 0.469 e. The molecule has 0 spiro atoms. The highest BCUT2D eigenvalue weighted by atomic mass is 16.5. The van der Waals surface area contributed by atoms with E-state index >= 15 is 0 Å². The Kier molecular flexibility index (Phi) is 5.35. The Hall–Kier alpha value is -0.860. The maximum atomic E-state index is 11.2. The van der Waals surface area contributed by atoms with Gasteiger partial charge >= 0.3 is 5.97 Å². The summed E-state index contributed by atoms with van der Waals surface area (Å²) in [6.45, 7) is 3.72. The van der Waals surface area contributed by atoms with Crippen molar-refractivity contribution < 1.29 is 14.3 Å². The Morgan fingerprint density at radius 3 is 2.46 bits per heavy atom. The Balaban J connectivity index is 3.75. The van der Waals surface area contributed by atoms with Crippen molar-refractivity contribution in [2.75, 3.05) is 7.11 Å². The molecule has 0 bridgehead atoms. The third-order valence-electron chi connectivity index (χ3n) is 2.11. The van der Waals surface area contributed by atoms with Gasteiger partial charge in [-0.25, -0.2) is 0 Å². The fourth-order valence-corrected chi connectivity index (χ4v) is 1.17. The van der Waals surface area contributed by atoms with Gasteiger partial charge in [0.05, 0.1) is 12.5 Å². The standard InChI is InChI=1S/C10H18O3/c1-10(2,9(12)13-3)7-5-4-6-8-11/h8H,4-7H2,1-3H3. The van der Waals surface area contributed by atoms with E-state index in [0.717, 1.165) is 25.5 Å². The van der Waals surface area contributed by atoms with Crippen LogP contribution in [0, 0.1) is 5.41 Å². The molecule has 3 heteroatoms. The molecule has 0 radical (unpaired) electrons. The second kappa shape index (κ2) is 5.73. The summed E-state index contributed by atoms with van der Waals surface area (Å²) < 4.78 is 4.66. The maximum absolute atomic E-state index is 11.2. The van der Waals surface area contributed by atoms with E-state index in [9.17, 15) is 9.59 Å². The highest BCUT2D eigenvalue weighted by Crippen LogP contribution is 2.24. The number of unbranched alkanes of at least 4 members (excludes halogenated alkanes) is 2. The Morgan fingerprint density at radius 2 is 2.00 bits per heavy atom. The molecule has 0 saturated carbocycles. The van der Waals surface area contributed by atoms with Gasteiger partial charge in [-0.05, 0) is 26.7 Å². The highest BCUT2D eigenvalue weighted by Gasteiger charge is 2.27. The number of carbonyl (C=O) groups is 2. The number of hydrogen-bond donors (Lipinski definition) is 0. The van der Waals surface area contributed by atoms with Gasteiger partial charge in [-0.1, -0.05) is 6.42 Å². The summed E-state index contributed by atoms with van der Waals surface area (Å²) >= 11 is 0. The van der Waals surface area contributed by atoms with Crippen LogP contribution in [-0.4, -0.2) is 19.4 Å². The van der Waals surface area contributed by atoms with Gasteiger partial charge in [0.25, 0.3) is 0 Å². The second-order valence-electron chi connectivity index (χ2n) is 3.79. The molecule has 0 fully saturated rings. The minimum absolute atomic E-state index is 0.182. The lowest BCUT2D eigenvalue weighted by molar-refractivity contribution is -0.151. The topological polar surface area (TPSA) is 43.4 Å². The number of carbonyl (C=O) groups excluding carboxylic acids is 2. The van der Waals surface area contributed by atoms with Gasteiger partial charge in [0.15, 0.2) is 0 Å². The third kappa shape index (κ3) is 4.65. The second-order valence-corrected chi connectivity index (χ2v) is 3.79. The number of esters is 1. The summed E-state index contributed by atoms with van der Waals surface area (Å²) in [5, 5.41) is 0. The van der Waals surface area contributed by atoms with Crippen LogP contribution in [0.5, 0.6) is 0 Å². The first-order valence-corrected chi connectivity index (χ1v) is 4.56. The van der Waals surface area contributed by atoms with Crippen LogP contribution in [0.15, 0.2) is 0 Å². The first kappa shape index (κ1) is 12.1. The van der Waals surface area contributed by atoms with E-state index in [-0.39, 0.29) is 5.97 Å². The normalized spacial score (nSPS) is 11.0. The van der Waals surface area contributed by atoms with Crippen molar-refractivity contribution in [1.29, 1.82) is 0 Å². The molecule has 3 nitrogen and oxygen atoms in total. The maximum Gasteiger partial charge on any atom is 0.311 e. The zero-order valence-corrected chi connectivity index (χ0v) is 8.63. The van der Waals surface area contributed by atoms with E-state index in [1.165, 1.54) is 7.11 Å². The van der Waals surface area contributed by atoms with Crippen molar-refractivity contribution in [3.63, 3.8) is 0 Å². The van der Waals surface area contributed by atoms with Crippen LogP contribution < -0.4 is 0 Å².